The smallest absolute Gasteiger partial charge is 0.330 e. The van der Waals surface area contributed by atoms with E-state index in [-0.39, 0.29) is 5.78 Å². The highest BCUT2D eigenvalue weighted by atomic mass is 16.5. The molecule has 1 aromatic heterocycles. The average Bonchev–Trinajstić information content (AvgIpc) is 3.18. The van der Waals surface area contributed by atoms with Gasteiger partial charge in [-0.15, -0.1) is 0 Å². The normalized spacial score (nSPS) is 12.4. The van der Waals surface area contributed by atoms with E-state index in [0.29, 0.717) is 17.9 Å². The van der Waals surface area contributed by atoms with Crippen LogP contribution >= 0.6 is 0 Å². The molecule has 0 bridgehead atoms. The number of carbonyl (C=O) groups excluding carboxylic acids is 2. The van der Waals surface area contributed by atoms with E-state index in [2.05, 4.69) is 16.7 Å². The molecule has 0 saturated heterocycles. The Hall–Kier alpha value is -1.91. The zero-order valence-corrected chi connectivity index (χ0v) is 17.9. The fourth-order valence-electron chi connectivity index (χ4n) is 3.06. The summed E-state index contributed by atoms with van der Waals surface area (Å²) in [6, 6.07) is 2.78. The molecule has 0 N–H and O–H groups in total. The standard InChI is InChI=1S/C23H37NO4/c1-4-5-6-7-8-9-10-11-12-13-14-15-21(25)22-17-16-20(28-22)18-24-19(2)23(26)27-3/h16-19H,4-15H2,1-3H3/b24-18+. The lowest BCUT2D eigenvalue weighted by Crippen LogP contribution is -2.16. The number of hydrogen-bond donors (Lipinski definition) is 0. The van der Waals surface area contributed by atoms with Gasteiger partial charge in [0, 0.05) is 6.42 Å². The molecule has 0 aliphatic rings. The van der Waals surface area contributed by atoms with Crippen molar-refractivity contribution in [3.8, 4) is 0 Å². The number of aliphatic imine (C=N–C) groups is 1. The van der Waals surface area contributed by atoms with Gasteiger partial charge in [-0.2, -0.15) is 0 Å². The lowest BCUT2D eigenvalue weighted by molar-refractivity contribution is -0.141. The van der Waals surface area contributed by atoms with E-state index < -0.39 is 12.0 Å². The maximum atomic E-state index is 12.2. The number of ether oxygens (including phenoxy) is 1. The van der Waals surface area contributed by atoms with Crippen molar-refractivity contribution in [2.24, 2.45) is 4.99 Å². The van der Waals surface area contributed by atoms with Crippen molar-refractivity contribution in [2.45, 2.75) is 96.9 Å². The van der Waals surface area contributed by atoms with Crippen LogP contribution in [0.25, 0.3) is 0 Å². The van der Waals surface area contributed by atoms with Gasteiger partial charge in [0.1, 0.15) is 11.8 Å². The van der Waals surface area contributed by atoms with E-state index in [1.165, 1.54) is 71.1 Å². The van der Waals surface area contributed by atoms with Gasteiger partial charge in [0.05, 0.1) is 13.3 Å². The largest absolute Gasteiger partial charge is 0.467 e. The van der Waals surface area contributed by atoms with Gasteiger partial charge in [-0.25, -0.2) is 4.79 Å². The number of furan rings is 1. The Bertz CT molecular complexity index is 591. The van der Waals surface area contributed by atoms with Gasteiger partial charge in [0.15, 0.2) is 11.5 Å². The number of ketones is 1. The van der Waals surface area contributed by atoms with Gasteiger partial charge in [0.25, 0.3) is 0 Å². The first-order valence-corrected chi connectivity index (χ1v) is 10.8. The maximum Gasteiger partial charge on any atom is 0.330 e. The van der Waals surface area contributed by atoms with Crippen molar-refractivity contribution in [1.29, 1.82) is 0 Å². The Balaban J connectivity index is 2.14. The predicted molar refractivity (Wildman–Crippen MR) is 113 cm³/mol. The first-order chi connectivity index (χ1) is 13.6. The van der Waals surface area contributed by atoms with Crippen molar-refractivity contribution < 1.29 is 18.7 Å². The van der Waals surface area contributed by atoms with Crippen molar-refractivity contribution in [2.75, 3.05) is 7.11 Å². The highest BCUT2D eigenvalue weighted by Crippen LogP contribution is 2.14. The molecular formula is C23H37NO4. The molecule has 0 fully saturated rings. The summed E-state index contributed by atoms with van der Waals surface area (Å²) in [5.41, 5.74) is 0. The molecule has 158 valence electrons. The number of esters is 1. The van der Waals surface area contributed by atoms with Crippen LogP contribution in [0.15, 0.2) is 21.5 Å². The van der Waals surface area contributed by atoms with Gasteiger partial charge in [0.2, 0.25) is 0 Å². The van der Waals surface area contributed by atoms with Crippen LogP contribution in [0.1, 0.15) is 107 Å². The zero-order chi connectivity index (χ0) is 20.6. The van der Waals surface area contributed by atoms with Gasteiger partial charge in [-0.3, -0.25) is 9.79 Å². The van der Waals surface area contributed by atoms with Crippen LogP contribution in [0.4, 0.5) is 0 Å². The van der Waals surface area contributed by atoms with E-state index in [0.717, 1.165) is 12.8 Å². The summed E-state index contributed by atoms with van der Waals surface area (Å²) in [6.07, 6.45) is 15.9. The molecule has 1 atom stereocenters. The second kappa shape index (κ2) is 15.1. The van der Waals surface area contributed by atoms with E-state index in [1.54, 1.807) is 19.1 Å². The molecule has 1 heterocycles. The molecule has 0 aliphatic heterocycles. The van der Waals surface area contributed by atoms with Crippen LogP contribution in [0.5, 0.6) is 0 Å². The summed E-state index contributed by atoms with van der Waals surface area (Å²) < 4.78 is 10.1. The Kier molecular flexibility index (Phi) is 13.0. The fourth-order valence-corrected chi connectivity index (χ4v) is 3.06. The first kappa shape index (κ1) is 24.1. The molecule has 0 aromatic carbocycles. The van der Waals surface area contributed by atoms with Crippen molar-refractivity contribution in [3.63, 3.8) is 0 Å². The van der Waals surface area contributed by atoms with Crippen LogP contribution in [0, 0.1) is 0 Å². The molecular weight excluding hydrogens is 354 g/mol. The van der Waals surface area contributed by atoms with Crippen molar-refractivity contribution in [1.82, 2.24) is 0 Å². The predicted octanol–water partition coefficient (Wildman–Crippen LogP) is 6.14. The van der Waals surface area contributed by atoms with E-state index in [9.17, 15) is 9.59 Å². The van der Waals surface area contributed by atoms with Crippen molar-refractivity contribution >= 4 is 18.0 Å². The molecule has 1 aromatic rings. The highest BCUT2D eigenvalue weighted by Gasteiger charge is 2.12. The zero-order valence-electron chi connectivity index (χ0n) is 17.9. The summed E-state index contributed by atoms with van der Waals surface area (Å²) in [6.45, 7) is 3.89. The van der Waals surface area contributed by atoms with Gasteiger partial charge >= 0.3 is 5.97 Å². The SMILES string of the molecule is CCCCCCCCCCCCCC(=O)c1ccc(/C=N/C(C)C(=O)OC)o1. The molecule has 1 rings (SSSR count). The molecule has 28 heavy (non-hydrogen) atoms. The summed E-state index contributed by atoms with van der Waals surface area (Å²) in [5, 5.41) is 0. The third-order valence-corrected chi connectivity index (χ3v) is 4.88. The van der Waals surface area contributed by atoms with Crippen LogP contribution in [0.3, 0.4) is 0 Å². The van der Waals surface area contributed by atoms with Gasteiger partial charge < -0.3 is 9.15 Å². The number of hydrogen-bond acceptors (Lipinski definition) is 5. The third kappa shape index (κ3) is 10.4. The minimum atomic E-state index is -0.592. The number of nitrogens with zero attached hydrogens (tertiary/aromatic N) is 1. The lowest BCUT2D eigenvalue weighted by Gasteiger charge is -2.02. The quantitative estimate of drug-likeness (QED) is 0.147. The van der Waals surface area contributed by atoms with E-state index in [4.69, 9.17) is 4.42 Å². The van der Waals surface area contributed by atoms with Gasteiger partial charge in [-0.05, 0) is 25.5 Å². The molecule has 0 radical (unpaired) electrons. The number of Topliss-reactive ketones (excluding diaryl/α,β-unsaturated/α-hetero) is 1. The third-order valence-electron chi connectivity index (χ3n) is 4.88. The number of carbonyl (C=O) groups is 2. The summed E-state index contributed by atoms with van der Waals surface area (Å²) in [4.78, 5) is 27.6. The second-order valence-electron chi connectivity index (χ2n) is 7.39. The summed E-state index contributed by atoms with van der Waals surface area (Å²) >= 11 is 0. The molecule has 0 spiro atoms. The van der Waals surface area contributed by atoms with Crippen LogP contribution < -0.4 is 0 Å². The molecule has 0 amide bonds. The van der Waals surface area contributed by atoms with Crippen molar-refractivity contribution in [3.05, 3.63) is 23.7 Å². The average molecular weight is 392 g/mol. The molecule has 5 nitrogen and oxygen atoms in total. The maximum absolute atomic E-state index is 12.2. The minimum Gasteiger partial charge on any atom is -0.467 e. The van der Waals surface area contributed by atoms with Crippen LogP contribution in [-0.2, 0) is 9.53 Å². The second-order valence-corrected chi connectivity index (χ2v) is 7.39. The fraction of sp³-hybridized carbons (Fsp3) is 0.696. The monoisotopic (exact) mass is 391 g/mol. The van der Waals surface area contributed by atoms with Crippen LogP contribution in [-0.4, -0.2) is 31.1 Å². The number of rotatable bonds is 16. The minimum absolute atomic E-state index is 0.0246. The lowest BCUT2D eigenvalue weighted by atomic mass is 10.0. The first-order valence-electron chi connectivity index (χ1n) is 10.8. The van der Waals surface area contributed by atoms with Gasteiger partial charge in [-0.1, -0.05) is 71.1 Å². The molecule has 0 saturated carbocycles. The summed E-state index contributed by atoms with van der Waals surface area (Å²) in [7, 11) is 1.33. The van der Waals surface area contributed by atoms with E-state index >= 15 is 0 Å². The molecule has 1 unspecified atom stereocenters. The Labute approximate surface area is 169 Å². The van der Waals surface area contributed by atoms with E-state index in [1.807, 2.05) is 0 Å². The highest BCUT2D eigenvalue weighted by molar-refractivity contribution is 5.94. The molecule has 5 heteroatoms. The Morgan fingerprint density at radius 1 is 1.00 bits per heavy atom. The molecule has 0 aliphatic carbocycles. The Morgan fingerprint density at radius 3 is 2.14 bits per heavy atom. The topological polar surface area (TPSA) is 68.9 Å². The Morgan fingerprint density at radius 2 is 1.57 bits per heavy atom. The summed E-state index contributed by atoms with van der Waals surface area (Å²) in [5.74, 6) is 0.449. The number of methoxy groups -OCH3 is 1. The number of unbranched alkanes of at least 4 members (excludes halogenated alkanes) is 10. The van der Waals surface area contributed by atoms with Crippen LogP contribution in [0.2, 0.25) is 0 Å².